The number of hydrogen-bond donors (Lipinski definition) is 1. The Labute approximate surface area is 108 Å². The molecule has 2 nitrogen and oxygen atoms in total. The number of benzene rings is 1. The third-order valence-electron chi connectivity index (χ3n) is 2.96. The van der Waals surface area contributed by atoms with Crippen molar-refractivity contribution >= 4 is 0 Å². The van der Waals surface area contributed by atoms with Crippen LogP contribution in [0.3, 0.4) is 0 Å². The zero-order valence-electron chi connectivity index (χ0n) is 10.1. The molecule has 19 heavy (non-hydrogen) atoms. The largest absolute Gasteiger partial charge is 0.421 e. The molecule has 2 rings (SSSR count). The van der Waals surface area contributed by atoms with Crippen molar-refractivity contribution in [2.45, 2.75) is 18.7 Å². The summed E-state index contributed by atoms with van der Waals surface area (Å²) in [7, 11) is 0. The molecular formula is C14H12F3NO. The van der Waals surface area contributed by atoms with Gasteiger partial charge in [-0.05, 0) is 24.6 Å². The minimum absolute atomic E-state index is 0.195. The molecule has 1 atom stereocenters. The number of rotatable bonds is 2. The van der Waals surface area contributed by atoms with Gasteiger partial charge in [-0.2, -0.15) is 13.2 Å². The highest BCUT2D eigenvalue weighted by molar-refractivity contribution is 5.59. The average molecular weight is 267 g/mol. The fourth-order valence-corrected chi connectivity index (χ4v) is 1.66. The molecule has 1 aromatic heterocycles. The van der Waals surface area contributed by atoms with Crippen LogP contribution >= 0.6 is 0 Å². The van der Waals surface area contributed by atoms with E-state index in [0.717, 1.165) is 6.92 Å². The lowest BCUT2D eigenvalue weighted by Gasteiger charge is -2.26. The van der Waals surface area contributed by atoms with Crippen molar-refractivity contribution < 1.29 is 18.3 Å². The number of alkyl halides is 3. The van der Waals surface area contributed by atoms with Gasteiger partial charge in [0, 0.05) is 11.8 Å². The van der Waals surface area contributed by atoms with Crippen LogP contribution < -0.4 is 0 Å². The van der Waals surface area contributed by atoms with Gasteiger partial charge < -0.3 is 5.11 Å². The zero-order valence-corrected chi connectivity index (χ0v) is 10.1. The smallest absolute Gasteiger partial charge is 0.376 e. The van der Waals surface area contributed by atoms with Crippen LogP contribution in [0.15, 0.2) is 48.7 Å². The van der Waals surface area contributed by atoms with Crippen molar-refractivity contribution in [2.24, 2.45) is 0 Å². The van der Waals surface area contributed by atoms with Crippen molar-refractivity contribution in [3.63, 3.8) is 0 Å². The molecule has 1 aromatic carbocycles. The maximum atomic E-state index is 12.7. The number of aliphatic hydroxyl groups is 1. The highest BCUT2D eigenvalue weighted by atomic mass is 19.4. The Balaban J connectivity index is 2.35. The van der Waals surface area contributed by atoms with E-state index in [2.05, 4.69) is 4.98 Å². The molecule has 1 heterocycles. The third kappa shape index (κ3) is 2.61. The summed E-state index contributed by atoms with van der Waals surface area (Å²) in [5, 5.41) is 9.54. The standard InChI is InChI=1S/C14H12F3NO/c1-13(19,14(15,16)17)11-7-5-10(6-8-11)12-4-2-3-9-18-12/h2-9,19H,1H3. The summed E-state index contributed by atoms with van der Waals surface area (Å²) in [6, 6.07) is 10.9. The SMILES string of the molecule is CC(O)(c1ccc(-c2ccccn2)cc1)C(F)(F)F. The molecule has 0 amide bonds. The van der Waals surface area contributed by atoms with Crippen LogP contribution in [0.4, 0.5) is 13.2 Å². The second-order valence-corrected chi connectivity index (χ2v) is 4.36. The Morgan fingerprint density at radius 3 is 2.11 bits per heavy atom. The molecule has 100 valence electrons. The summed E-state index contributed by atoms with van der Waals surface area (Å²) in [6.07, 6.45) is -3.10. The first-order chi connectivity index (χ1) is 8.82. The number of nitrogens with zero attached hydrogens (tertiary/aromatic N) is 1. The maximum absolute atomic E-state index is 12.7. The Kier molecular flexibility index (Phi) is 3.32. The van der Waals surface area contributed by atoms with Crippen LogP contribution in [0, 0.1) is 0 Å². The maximum Gasteiger partial charge on any atom is 0.421 e. The van der Waals surface area contributed by atoms with Gasteiger partial charge in [0.05, 0.1) is 5.69 Å². The van der Waals surface area contributed by atoms with Gasteiger partial charge in [0.2, 0.25) is 0 Å². The summed E-state index contributed by atoms with van der Waals surface area (Å²) in [6.45, 7) is 0.739. The lowest BCUT2D eigenvalue weighted by atomic mass is 9.94. The van der Waals surface area contributed by atoms with E-state index < -0.39 is 11.8 Å². The molecule has 1 N–H and O–H groups in total. The van der Waals surface area contributed by atoms with Crippen LogP contribution in [-0.2, 0) is 5.60 Å². The molecule has 2 aromatic rings. The molecule has 0 bridgehead atoms. The third-order valence-corrected chi connectivity index (χ3v) is 2.96. The normalized spacial score (nSPS) is 15.0. The van der Waals surface area contributed by atoms with E-state index in [4.69, 9.17) is 0 Å². The molecule has 0 aliphatic carbocycles. The molecule has 0 aliphatic heterocycles. The van der Waals surface area contributed by atoms with Gasteiger partial charge in [-0.15, -0.1) is 0 Å². The lowest BCUT2D eigenvalue weighted by molar-refractivity contribution is -0.258. The monoisotopic (exact) mass is 267 g/mol. The topological polar surface area (TPSA) is 33.1 Å². The van der Waals surface area contributed by atoms with Gasteiger partial charge in [-0.25, -0.2) is 0 Å². The first-order valence-corrected chi connectivity index (χ1v) is 5.63. The fraction of sp³-hybridized carbons (Fsp3) is 0.214. The highest BCUT2D eigenvalue weighted by Crippen LogP contribution is 2.38. The van der Waals surface area contributed by atoms with Gasteiger partial charge >= 0.3 is 6.18 Å². The van der Waals surface area contributed by atoms with Crippen LogP contribution in [0.5, 0.6) is 0 Å². The zero-order chi connectivity index (χ0) is 14.1. The van der Waals surface area contributed by atoms with Gasteiger partial charge in [0.15, 0.2) is 5.60 Å². The predicted octanol–water partition coefficient (Wildman–Crippen LogP) is 3.52. The average Bonchev–Trinajstić information content (AvgIpc) is 2.39. The molecule has 0 saturated carbocycles. The van der Waals surface area contributed by atoms with Crippen molar-refractivity contribution in [1.82, 2.24) is 4.98 Å². The molecular weight excluding hydrogens is 255 g/mol. The second-order valence-electron chi connectivity index (χ2n) is 4.36. The van der Waals surface area contributed by atoms with Crippen molar-refractivity contribution in [3.05, 3.63) is 54.2 Å². The minimum atomic E-state index is -4.71. The Morgan fingerprint density at radius 1 is 1.00 bits per heavy atom. The van der Waals surface area contributed by atoms with E-state index in [0.29, 0.717) is 11.3 Å². The van der Waals surface area contributed by atoms with Crippen molar-refractivity contribution in [3.8, 4) is 11.3 Å². The predicted molar refractivity (Wildman–Crippen MR) is 65.3 cm³/mol. The van der Waals surface area contributed by atoms with Gasteiger partial charge in [0.25, 0.3) is 0 Å². The van der Waals surface area contributed by atoms with E-state index in [1.165, 1.54) is 24.3 Å². The Bertz CT molecular complexity index is 547. The summed E-state index contributed by atoms with van der Waals surface area (Å²) in [5.74, 6) is 0. The summed E-state index contributed by atoms with van der Waals surface area (Å²) in [5.41, 5.74) is -1.68. The Morgan fingerprint density at radius 2 is 1.63 bits per heavy atom. The van der Waals surface area contributed by atoms with Crippen LogP contribution in [0.1, 0.15) is 12.5 Å². The molecule has 5 heteroatoms. The minimum Gasteiger partial charge on any atom is -0.376 e. The van der Waals surface area contributed by atoms with Gasteiger partial charge in [-0.1, -0.05) is 30.3 Å². The molecule has 1 unspecified atom stereocenters. The lowest BCUT2D eigenvalue weighted by Crippen LogP contribution is -2.39. The van der Waals surface area contributed by atoms with E-state index in [-0.39, 0.29) is 5.56 Å². The molecule has 0 radical (unpaired) electrons. The molecule has 0 saturated heterocycles. The quantitative estimate of drug-likeness (QED) is 0.903. The number of halogens is 3. The van der Waals surface area contributed by atoms with Crippen molar-refractivity contribution in [2.75, 3.05) is 0 Å². The van der Waals surface area contributed by atoms with Gasteiger partial charge in [0.1, 0.15) is 0 Å². The Hall–Kier alpha value is -1.88. The highest BCUT2D eigenvalue weighted by Gasteiger charge is 2.51. The first-order valence-electron chi connectivity index (χ1n) is 5.63. The summed E-state index contributed by atoms with van der Waals surface area (Å²) < 4.78 is 38.0. The number of aromatic nitrogens is 1. The van der Waals surface area contributed by atoms with E-state index >= 15 is 0 Å². The van der Waals surface area contributed by atoms with E-state index in [1.807, 2.05) is 0 Å². The number of pyridine rings is 1. The van der Waals surface area contributed by atoms with Crippen LogP contribution in [0.25, 0.3) is 11.3 Å². The van der Waals surface area contributed by atoms with Crippen LogP contribution in [-0.4, -0.2) is 16.3 Å². The van der Waals surface area contributed by atoms with E-state index in [9.17, 15) is 18.3 Å². The van der Waals surface area contributed by atoms with E-state index in [1.54, 1.807) is 24.4 Å². The first kappa shape index (κ1) is 13.5. The van der Waals surface area contributed by atoms with Crippen molar-refractivity contribution in [1.29, 1.82) is 0 Å². The summed E-state index contributed by atoms with van der Waals surface area (Å²) >= 11 is 0. The fourth-order valence-electron chi connectivity index (χ4n) is 1.66. The summed E-state index contributed by atoms with van der Waals surface area (Å²) in [4.78, 5) is 4.10. The van der Waals surface area contributed by atoms with Gasteiger partial charge in [-0.3, -0.25) is 4.98 Å². The second kappa shape index (κ2) is 4.66. The van der Waals surface area contributed by atoms with Crippen LogP contribution in [0.2, 0.25) is 0 Å². The molecule has 0 aliphatic rings. The molecule has 0 spiro atoms. The molecule has 0 fully saturated rings. The number of hydrogen-bond acceptors (Lipinski definition) is 2.